The molecule has 0 spiro atoms. The number of benzene rings is 2. The molecule has 1 aromatic heterocycles. The third-order valence-electron chi connectivity index (χ3n) is 10.0. The minimum atomic E-state index is -5.07. The van der Waals surface area contributed by atoms with Gasteiger partial charge in [-0.1, -0.05) is 6.07 Å². The molecule has 1 amide bonds. The van der Waals surface area contributed by atoms with Gasteiger partial charge < -0.3 is 24.2 Å². The number of methoxy groups -OCH3 is 2. The highest BCUT2D eigenvalue weighted by atomic mass is 19.4. The SMILES string of the molecule is COc1ccc(C2CCC(C(=O)O)CC2)cc1-c1cnc(N2CC(OC)C2)nc1CN1C(=O)O[C@H](c2cc(C(F)(F)F)cc(C(F)(F)F)c2)[C@@H]1C. The number of carboxylic acid groups (broad SMARTS) is 1. The Hall–Kier alpha value is -4.60. The van der Waals surface area contributed by atoms with E-state index < -0.39 is 59.2 Å². The summed E-state index contributed by atoms with van der Waals surface area (Å²) in [7, 11) is 3.08. The first-order chi connectivity index (χ1) is 24.1. The summed E-state index contributed by atoms with van der Waals surface area (Å²) < 4.78 is 98.5. The van der Waals surface area contributed by atoms with Crippen molar-refractivity contribution in [1.82, 2.24) is 14.9 Å². The van der Waals surface area contributed by atoms with E-state index in [0.29, 0.717) is 79.4 Å². The molecule has 16 heteroatoms. The quantitative estimate of drug-likeness (QED) is 0.225. The first kappa shape index (κ1) is 36.2. The van der Waals surface area contributed by atoms with Gasteiger partial charge in [0, 0.05) is 37.5 Å². The molecule has 0 unspecified atom stereocenters. The summed E-state index contributed by atoms with van der Waals surface area (Å²) in [5.41, 5.74) is -1.08. The lowest BCUT2D eigenvalue weighted by atomic mass is 9.78. The second-order valence-electron chi connectivity index (χ2n) is 13.2. The van der Waals surface area contributed by atoms with Crippen molar-refractivity contribution in [3.63, 3.8) is 0 Å². The van der Waals surface area contributed by atoms with Gasteiger partial charge in [0.15, 0.2) is 0 Å². The highest BCUT2D eigenvalue weighted by Gasteiger charge is 2.44. The average molecular weight is 723 g/mol. The number of carbonyl (C=O) groups excluding carboxylic acids is 1. The van der Waals surface area contributed by atoms with Crippen LogP contribution in [0.4, 0.5) is 37.1 Å². The largest absolute Gasteiger partial charge is 0.496 e. The highest BCUT2D eigenvalue weighted by molar-refractivity contribution is 5.75. The van der Waals surface area contributed by atoms with Gasteiger partial charge in [0.25, 0.3) is 0 Å². The van der Waals surface area contributed by atoms with Gasteiger partial charge in [-0.2, -0.15) is 26.3 Å². The van der Waals surface area contributed by atoms with Crippen LogP contribution < -0.4 is 9.64 Å². The summed E-state index contributed by atoms with van der Waals surface area (Å²) in [5.74, 6) is -0.307. The maximum atomic E-state index is 13.7. The van der Waals surface area contributed by atoms with Gasteiger partial charge in [-0.25, -0.2) is 14.8 Å². The topological polar surface area (TPSA) is 114 Å². The van der Waals surface area contributed by atoms with Crippen molar-refractivity contribution in [1.29, 1.82) is 0 Å². The zero-order chi connectivity index (χ0) is 36.8. The van der Waals surface area contributed by atoms with Gasteiger partial charge in [0.1, 0.15) is 11.9 Å². The number of aromatic nitrogens is 2. The Bertz CT molecular complexity index is 1760. The van der Waals surface area contributed by atoms with E-state index in [1.807, 2.05) is 17.0 Å². The third kappa shape index (κ3) is 7.41. The average Bonchev–Trinajstić information content (AvgIpc) is 3.35. The first-order valence-corrected chi connectivity index (χ1v) is 16.4. The van der Waals surface area contributed by atoms with Crippen molar-refractivity contribution in [3.05, 3.63) is 70.5 Å². The van der Waals surface area contributed by atoms with Gasteiger partial charge in [0.05, 0.1) is 48.5 Å². The predicted molar refractivity (Wildman–Crippen MR) is 170 cm³/mol. The second kappa shape index (κ2) is 13.8. The zero-order valence-electron chi connectivity index (χ0n) is 27.9. The number of hydrogen-bond donors (Lipinski definition) is 1. The van der Waals surface area contributed by atoms with E-state index in [0.717, 1.165) is 5.56 Å². The van der Waals surface area contributed by atoms with E-state index in [1.165, 1.54) is 18.9 Å². The molecule has 51 heavy (non-hydrogen) atoms. The molecule has 3 heterocycles. The fourth-order valence-electron chi connectivity index (χ4n) is 6.98. The van der Waals surface area contributed by atoms with E-state index in [2.05, 4.69) is 4.98 Å². The standard InChI is InChI=1S/C35H36F6N4O6/c1-18-30(22-10-23(34(36,37)38)13-24(11-22)35(39,40)41)51-33(48)45(18)17-28-27(14-42-32(43-28)44-15-25(16-44)49-2)26-12-21(8-9-29(26)50-3)19-4-6-20(7-5-19)31(46)47/h8-14,18-20,25,30H,4-7,15-17H2,1-3H3,(H,46,47)/t18-,19?,20?,30-/m0/s1. The van der Waals surface area contributed by atoms with Crippen LogP contribution in [0.3, 0.4) is 0 Å². The fraction of sp³-hybridized carbons (Fsp3) is 0.486. The molecule has 10 nitrogen and oxygen atoms in total. The van der Waals surface area contributed by atoms with Crippen molar-refractivity contribution in [2.75, 3.05) is 32.2 Å². The normalized spacial score (nSPS) is 22.9. The van der Waals surface area contributed by atoms with Crippen LogP contribution in [-0.4, -0.2) is 71.5 Å². The van der Waals surface area contributed by atoms with E-state index in [9.17, 15) is 41.0 Å². The van der Waals surface area contributed by atoms with Crippen LogP contribution in [0.15, 0.2) is 42.6 Å². The molecule has 3 aromatic rings. The fourth-order valence-corrected chi connectivity index (χ4v) is 6.98. The van der Waals surface area contributed by atoms with Gasteiger partial charge >= 0.3 is 24.4 Å². The van der Waals surface area contributed by atoms with Crippen molar-refractivity contribution < 1.29 is 55.2 Å². The summed E-state index contributed by atoms with van der Waals surface area (Å²) in [5, 5.41) is 9.45. The number of carbonyl (C=O) groups is 2. The zero-order valence-corrected chi connectivity index (χ0v) is 27.9. The molecule has 274 valence electrons. The van der Waals surface area contributed by atoms with E-state index in [-0.39, 0.29) is 24.6 Å². The van der Waals surface area contributed by atoms with Gasteiger partial charge in [-0.3, -0.25) is 9.69 Å². The Morgan fingerprint density at radius 1 is 0.941 bits per heavy atom. The minimum absolute atomic E-state index is 0.0284. The monoisotopic (exact) mass is 722 g/mol. The summed E-state index contributed by atoms with van der Waals surface area (Å²) in [6, 6.07) is 5.80. The smallest absolute Gasteiger partial charge is 0.416 e. The number of carboxylic acids is 1. The molecule has 1 N–H and O–H groups in total. The van der Waals surface area contributed by atoms with Crippen LogP contribution in [0.5, 0.6) is 5.75 Å². The number of amides is 1. The second-order valence-corrected chi connectivity index (χ2v) is 13.2. The number of ether oxygens (including phenoxy) is 3. The predicted octanol–water partition coefficient (Wildman–Crippen LogP) is 7.47. The van der Waals surface area contributed by atoms with E-state index in [1.54, 1.807) is 19.4 Å². The minimum Gasteiger partial charge on any atom is -0.496 e. The molecular formula is C35H36F6N4O6. The van der Waals surface area contributed by atoms with Crippen molar-refractivity contribution in [2.24, 2.45) is 5.92 Å². The van der Waals surface area contributed by atoms with Crippen LogP contribution >= 0.6 is 0 Å². The molecule has 2 atom stereocenters. The van der Waals surface area contributed by atoms with Gasteiger partial charge in [-0.05, 0) is 80.0 Å². The Balaban J connectivity index is 1.36. The van der Waals surface area contributed by atoms with Crippen molar-refractivity contribution in [3.8, 4) is 16.9 Å². The molecule has 1 aliphatic carbocycles. The highest BCUT2D eigenvalue weighted by Crippen LogP contribution is 2.43. The number of anilines is 1. The summed E-state index contributed by atoms with van der Waals surface area (Å²) in [6.07, 6.45) is -8.56. The van der Waals surface area contributed by atoms with Crippen molar-refractivity contribution in [2.45, 2.75) is 75.7 Å². The van der Waals surface area contributed by atoms with E-state index in [4.69, 9.17) is 19.2 Å². The van der Waals surface area contributed by atoms with Gasteiger partial charge in [-0.15, -0.1) is 0 Å². The number of aliphatic carboxylic acids is 1. The molecular weight excluding hydrogens is 686 g/mol. The van der Waals surface area contributed by atoms with Crippen LogP contribution in [0.25, 0.3) is 11.1 Å². The number of hydrogen-bond acceptors (Lipinski definition) is 8. The van der Waals surface area contributed by atoms with Crippen LogP contribution in [0.2, 0.25) is 0 Å². The number of halogens is 6. The number of cyclic esters (lactones) is 1. The lowest BCUT2D eigenvalue weighted by Crippen LogP contribution is -2.52. The number of rotatable bonds is 9. The number of alkyl halides is 6. The Morgan fingerprint density at radius 3 is 2.16 bits per heavy atom. The van der Waals surface area contributed by atoms with E-state index >= 15 is 0 Å². The summed E-state index contributed by atoms with van der Waals surface area (Å²) >= 11 is 0. The Kier molecular flexibility index (Phi) is 9.83. The number of nitrogens with zero attached hydrogens (tertiary/aromatic N) is 4. The van der Waals surface area contributed by atoms with Crippen LogP contribution in [-0.2, 0) is 33.2 Å². The Morgan fingerprint density at radius 2 is 1.59 bits per heavy atom. The van der Waals surface area contributed by atoms with Gasteiger partial charge in [0.2, 0.25) is 5.95 Å². The molecule has 3 aliphatic rings. The summed E-state index contributed by atoms with van der Waals surface area (Å²) in [4.78, 5) is 37.3. The third-order valence-corrected chi connectivity index (χ3v) is 10.0. The molecule has 2 saturated heterocycles. The lowest BCUT2D eigenvalue weighted by Gasteiger charge is -2.38. The summed E-state index contributed by atoms with van der Waals surface area (Å²) in [6.45, 7) is 2.28. The van der Waals surface area contributed by atoms with Crippen molar-refractivity contribution >= 4 is 18.0 Å². The molecule has 6 rings (SSSR count). The maximum absolute atomic E-state index is 13.7. The molecule has 0 radical (unpaired) electrons. The van der Waals surface area contributed by atoms with Crippen LogP contribution in [0.1, 0.15) is 72.6 Å². The molecule has 3 fully saturated rings. The molecule has 1 saturated carbocycles. The first-order valence-electron chi connectivity index (χ1n) is 16.4. The lowest BCUT2D eigenvalue weighted by molar-refractivity contribution is -0.144. The Labute approximate surface area is 289 Å². The molecule has 0 bridgehead atoms. The van der Waals surface area contributed by atoms with Crippen LogP contribution in [0, 0.1) is 5.92 Å². The molecule has 2 aromatic carbocycles. The maximum Gasteiger partial charge on any atom is 0.416 e. The molecule has 2 aliphatic heterocycles.